The topological polar surface area (TPSA) is 41.6 Å². The molecule has 1 atom stereocenters. The minimum atomic E-state index is -0.0132. The van der Waals surface area contributed by atoms with Crippen molar-refractivity contribution in [3.8, 4) is 0 Å². The van der Waals surface area contributed by atoms with E-state index in [4.69, 9.17) is 4.74 Å². The summed E-state index contributed by atoms with van der Waals surface area (Å²) < 4.78 is 5.79. The molecule has 1 amide bonds. The highest BCUT2D eigenvalue weighted by Crippen LogP contribution is 2.24. The van der Waals surface area contributed by atoms with Crippen molar-refractivity contribution in [2.24, 2.45) is 5.92 Å². The number of hydrogen-bond donors (Lipinski definition) is 1. The molecule has 1 aliphatic rings. The number of amides is 1. The van der Waals surface area contributed by atoms with E-state index in [2.05, 4.69) is 23.3 Å². The average molecular weight is 262 g/mol. The highest BCUT2D eigenvalue weighted by Gasteiger charge is 2.19. The number of benzene rings is 1. The summed E-state index contributed by atoms with van der Waals surface area (Å²) in [5, 5.41) is 2.92. The first-order chi connectivity index (χ1) is 9.06. The maximum Gasteiger partial charge on any atom is 0.226 e. The van der Waals surface area contributed by atoms with E-state index in [-0.39, 0.29) is 17.9 Å². The van der Waals surface area contributed by atoms with Crippen LogP contribution >= 0.6 is 0 Å². The maximum atomic E-state index is 11.7. The lowest BCUT2D eigenvalue weighted by atomic mass is 10.1. The van der Waals surface area contributed by atoms with Crippen molar-refractivity contribution in [1.29, 1.82) is 0 Å². The summed E-state index contributed by atoms with van der Waals surface area (Å²) in [6.07, 6.45) is 0.0923. The van der Waals surface area contributed by atoms with Gasteiger partial charge < -0.3 is 15.0 Å². The molecule has 1 saturated heterocycles. The van der Waals surface area contributed by atoms with Crippen molar-refractivity contribution >= 4 is 11.6 Å². The third-order valence-corrected chi connectivity index (χ3v) is 3.32. The van der Waals surface area contributed by atoms with E-state index in [1.54, 1.807) is 0 Å². The lowest BCUT2D eigenvalue weighted by Gasteiger charge is -2.30. The van der Waals surface area contributed by atoms with E-state index in [0.717, 1.165) is 30.9 Å². The molecule has 0 saturated carbocycles. The van der Waals surface area contributed by atoms with E-state index in [9.17, 15) is 4.79 Å². The van der Waals surface area contributed by atoms with Gasteiger partial charge in [0, 0.05) is 24.7 Å². The second-order valence-electron chi connectivity index (χ2n) is 5.39. The standard InChI is InChI=1S/C15H22N2O2/c1-11(2)15(18)16-13-6-4-5-12(9-13)14-10-17(3)7-8-19-14/h4-6,9,11,14H,7-8,10H2,1-3H3,(H,16,18). The van der Waals surface area contributed by atoms with Crippen molar-refractivity contribution in [2.45, 2.75) is 20.0 Å². The fraction of sp³-hybridized carbons (Fsp3) is 0.533. The Hall–Kier alpha value is -1.39. The first-order valence-corrected chi connectivity index (χ1v) is 6.77. The summed E-state index contributed by atoms with van der Waals surface area (Å²) >= 11 is 0. The monoisotopic (exact) mass is 262 g/mol. The van der Waals surface area contributed by atoms with Gasteiger partial charge in [-0.1, -0.05) is 26.0 Å². The van der Waals surface area contributed by atoms with Crippen LogP contribution in [0.2, 0.25) is 0 Å². The van der Waals surface area contributed by atoms with Gasteiger partial charge in [-0.2, -0.15) is 0 Å². The molecular weight excluding hydrogens is 240 g/mol. The molecule has 4 heteroatoms. The minimum Gasteiger partial charge on any atom is -0.371 e. The third-order valence-electron chi connectivity index (χ3n) is 3.32. The van der Waals surface area contributed by atoms with Crippen LogP contribution in [0.4, 0.5) is 5.69 Å². The predicted octanol–water partition coefficient (Wildman–Crippen LogP) is 2.28. The number of ether oxygens (including phenoxy) is 1. The molecule has 2 rings (SSSR count). The van der Waals surface area contributed by atoms with Crippen LogP contribution in [0.3, 0.4) is 0 Å². The summed E-state index contributed by atoms with van der Waals surface area (Å²) in [5.74, 6) is 0.0274. The zero-order valence-electron chi connectivity index (χ0n) is 11.8. The lowest BCUT2D eigenvalue weighted by molar-refractivity contribution is -0.118. The predicted molar refractivity (Wildman–Crippen MR) is 76.1 cm³/mol. The van der Waals surface area contributed by atoms with Gasteiger partial charge in [-0.25, -0.2) is 0 Å². The van der Waals surface area contributed by atoms with Gasteiger partial charge in [0.15, 0.2) is 0 Å². The third kappa shape index (κ3) is 3.78. The number of rotatable bonds is 3. The molecule has 0 spiro atoms. The summed E-state index contributed by atoms with van der Waals surface area (Å²) in [6, 6.07) is 7.93. The summed E-state index contributed by atoms with van der Waals surface area (Å²) in [4.78, 5) is 14.0. The Bertz CT molecular complexity index is 446. The fourth-order valence-corrected chi connectivity index (χ4v) is 2.08. The van der Waals surface area contributed by atoms with Crippen molar-refractivity contribution in [2.75, 3.05) is 32.1 Å². The molecule has 0 radical (unpaired) electrons. The number of likely N-dealkylation sites (N-methyl/N-ethyl adjacent to an activating group) is 1. The highest BCUT2D eigenvalue weighted by molar-refractivity contribution is 5.92. The molecule has 1 heterocycles. The van der Waals surface area contributed by atoms with Crippen molar-refractivity contribution < 1.29 is 9.53 Å². The van der Waals surface area contributed by atoms with Crippen molar-refractivity contribution in [3.05, 3.63) is 29.8 Å². The van der Waals surface area contributed by atoms with Gasteiger partial charge in [0.05, 0.1) is 12.7 Å². The molecule has 0 aliphatic carbocycles. The van der Waals surface area contributed by atoms with E-state index >= 15 is 0 Å². The van der Waals surface area contributed by atoms with E-state index in [1.165, 1.54) is 0 Å². The molecular formula is C15H22N2O2. The van der Waals surface area contributed by atoms with Gasteiger partial charge in [-0.3, -0.25) is 4.79 Å². The van der Waals surface area contributed by atoms with E-state index < -0.39 is 0 Å². The van der Waals surface area contributed by atoms with Gasteiger partial charge in [0.1, 0.15) is 0 Å². The van der Waals surface area contributed by atoms with E-state index in [1.807, 2.05) is 32.0 Å². The molecule has 19 heavy (non-hydrogen) atoms. The summed E-state index contributed by atoms with van der Waals surface area (Å²) in [5.41, 5.74) is 1.96. The molecule has 4 nitrogen and oxygen atoms in total. The van der Waals surface area contributed by atoms with Crippen LogP contribution < -0.4 is 5.32 Å². The first kappa shape index (κ1) is 14.0. The number of carbonyl (C=O) groups excluding carboxylic acids is 1. The fourth-order valence-electron chi connectivity index (χ4n) is 2.08. The highest BCUT2D eigenvalue weighted by atomic mass is 16.5. The molecule has 1 unspecified atom stereocenters. The average Bonchev–Trinajstić information content (AvgIpc) is 2.39. The Morgan fingerprint density at radius 1 is 1.47 bits per heavy atom. The van der Waals surface area contributed by atoms with Crippen LogP contribution in [-0.2, 0) is 9.53 Å². The van der Waals surface area contributed by atoms with Crippen LogP contribution in [0.5, 0.6) is 0 Å². The van der Waals surface area contributed by atoms with Crippen LogP contribution in [0.1, 0.15) is 25.5 Å². The number of anilines is 1. The quantitative estimate of drug-likeness (QED) is 0.908. The molecule has 1 aromatic carbocycles. The molecule has 1 fully saturated rings. The largest absolute Gasteiger partial charge is 0.371 e. The number of nitrogens with zero attached hydrogens (tertiary/aromatic N) is 1. The van der Waals surface area contributed by atoms with Gasteiger partial charge in [0.25, 0.3) is 0 Å². The summed E-state index contributed by atoms with van der Waals surface area (Å²) in [6.45, 7) is 6.39. The van der Waals surface area contributed by atoms with Gasteiger partial charge in [-0.05, 0) is 24.7 Å². The second kappa shape index (κ2) is 6.17. The Morgan fingerprint density at radius 3 is 2.95 bits per heavy atom. The molecule has 1 aliphatic heterocycles. The maximum absolute atomic E-state index is 11.7. The van der Waals surface area contributed by atoms with Gasteiger partial charge in [-0.15, -0.1) is 0 Å². The number of morpholine rings is 1. The van der Waals surface area contributed by atoms with Gasteiger partial charge in [0.2, 0.25) is 5.91 Å². The molecule has 0 aromatic heterocycles. The van der Waals surface area contributed by atoms with Crippen LogP contribution in [0, 0.1) is 5.92 Å². The Balaban J connectivity index is 2.08. The van der Waals surface area contributed by atoms with E-state index in [0.29, 0.717) is 0 Å². The van der Waals surface area contributed by atoms with Crippen LogP contribution in [-0.4, -0.2) is 37.6 Å². The van der Waals surface area contributed by atoms with Crippen LogP contribution in [0.25, 0.3) is 0 Å². The van der Waals surface area contributed by atoms with Crippen molar-refractivity contribution in [1.82, 2.24) is 4.90 Å². The molecule has 104 valence electrons. The SMILES string of the molecule is CC(C)C(=O)Nc1cccc(C2CN(C)CCO2)c1. The Morgan fingerprint density at radius 2 is 2.26 bits per heavy atom. The number of hydrogen-bond acceptors (Lipinski definition) is 3. The smallest absolute Gasteiger partial charge is 0.226 e. The Labute approximate surface area is 114 Å². The zero-order chi connectivity index (χ0) is 13.8. The Kier molecular flexibility index (Phi) is 4.56. The zero-order valence-corrected chi connectivity index (χ0v) is 11.8. The van der Waals surface area contributed by atoms with Gasteiger partial charge >= 0.3 is 0 Å². The molecule has 1 N–H and O–H groups in total. The number of nitrogens with one attached hydrogen (secondary N) is 1. The first-order valence-electron chi connectivity index (χ1n) is 6.77. The van der Waals surface area contributed by atoms with Crippen molar-refractivity contribution in [3.63, 3.8) is 0 Å². The molecule has 1 aromatic rings. The van der Waals surface area contributed by atoms with Crippen LogP contribution in [0.15, 0.2) is 24.3 Å². The molecule has 0 bridgehead atoms. The minimum absolute atomic E-state index is 0.0132. The normalized spacial score (nSPS) is 20.5. The lowest BCUT2D eigenvalue weighted by Crippen LogP contribution is -2.35. The summed E-state index contributed by atoms with van der Waals surface area (Å²) in [7, 11) is 2.10. The number of carbonyl (C=O) groups is 1. The second-order valence-corrected chi connectivity index (χ2v) is 5.39.